The number of H-pyrrole nitrogens is 1. The number of anilines is 2. The van der Waals surface area contributed by atoms with Gasteiger partial charge in [-0.3, -0.25) is 14.7 Å². The van der Waals surface area contributed by atoms with Crippen LogP contribution in [0.25, 0.3) is 10.6 Å². The number of rotatable bonds is 5. The standard InChI is InChI=1S/C20H20N4O3S/c1-12-17(10-18(28-12)16-7-8-21-23-16)22-20(26)13-9-19(25)24(11-13)14-3-5-15(27-2)6-4-14/h3-8,10,13H,9,11H2,1-2H3,(H,21,23)(H,22,26). The van der Waals surface area contributed by atoms with Crippen molar-refractivity contribution >= 4 is 34.5 Å². The molecule has 0 saturated carbocycles. The van der Waals surface area contributed by atoms with Crippen LogP contribution in [0, 0.1) is 12.8 Å². The van der Waals surface area contributed by atoms with Gasteiger partial charge in [0.25, 0.3) is 0 Å². The number of methoxy groups -OCH3 is 1. The van der Waals surface area contributed by atoms with E-state index in [0.717, 1.165) is 32.6 Å². The summed E-state index contributed by atoms with van der Waals surface area (Å²) in [6, 6.07) is 11.1. The molecule has 1 aliphatic rings. The summed E-state index contributed by atoms with van der Waals surface area (Å²) < 4.78 is 5.15. The first-order chi connectivity index (χ1) is 13.5. The first kappa shape index (κ1) is 18.2. The number of carbonyl (C=O) groups excluding carboxylic acids is 2. The summed E-state index contributed by atoms with van der Waals surface area (Å²) in [5.74, 6) is 0.155. The molecule has 4 rings (SSSR count). The van der Waals surface area contributed by atoms with Crippen molar-refractivity contribution in [2.45, 2.75) is 13.3 Å². The smallest absolute Gasteiger partial charge is 0.229 e. The van der Waals surface area contributed by atoms with Crippen LogP contribution in [0.5, 0.6) is 5.75 Å². The molecule has 1 unspecified atom stereocenters. The number of aryl methyl sites for hydroxylation is 1. The highest BCUT2D eigenvalue weighted by Crippen LogP contribution is 2.34. The summed E-state index contributed by atoms with van der Waals surface area (Å²) in [4.78, 5) is 28.9. The lowest BCUT2D eigenvalue weighted by atomic mass is 10.1. The zero-order valence-corrected chi connectivity index (χ0v) is 16.4. The van der Waals surface area contributed by atoms with Gasteiger partial charge in [-0.25, -0.2) is 0 Å². The fourth-order valence-electron chi connectivity index (χ4n) is 3.26. The molecule has 8 heteroatoms. The molecule has 0 spiro atoms. The molecule has 2 aromatic heterocycles. The summed E-state index contributed by atoms with van der Waals surface area (Å²) in [5.41, 5.74) is 2.46. The predicted octanol–water partition coefficient (Wildman–Crippen LogP) is 3.45. The minimum atomic E-state index is -0.385. The first-order valence-corrected chi connectivity index (χ1v) is 9.72. The summed E-state index contributed by atoms with van der Waals surface area (Å²) in [7, 11) is 1.60. The predicted molar refractivity (Wildman–Crippen MR) is 109 cm³/mol. The third kappa shape index (κ3) is 3.50. The SMILES string of the molecule is COc1ccc(N2CC(C(=O)Nc3cc(-c4ccn[nH]4)sc3C)CC2=O)cc1. The maximum absolute atomic E-state index is 12.8. The number of thiophene rings is 1. The van der Waals surface area contributed by atoms with Crippen molar-refractivity contribution in [3.05, 3.63) is 47.5 Å². The number of hydrogen-bond acceptors (Lipinski definition) is 5. The van der Waals surface area contributed by atoms with Gasteiger partial charge in [-0.2, -0.15) is 5.10 Å². The van der Waals surface area contributed by atoms with Gasteiger partial charge >= 0.3 is 0 Å². The van der Waals surface area contributed by atoms with Gasteiger partial charge in [0, 0.05) is 29.7 Å². The van der Waals surface area contributed by atoms with Crippen molar-refractivity contribution < 1.29 is 14.3 Å². The van der Waals surface area contributed by atoms with Crippen LogP contribution in [-0.2, 0) is 9.59 Å². The van der Waals surface area contributed by atoms with Gasteiger partial charge < -0.3 is 15.0 Å². The van der Waals surface area contributed by atoms with E-state index < -0.39 is 0 Å². The number of benzene rings is 1. The summed E-state index contributed by atoms with van der Waals surface area (Å²) in [6.45, 7) is 2.33. The van der Waals surface area contributed by atoms with Gasteiger partial charge in [0.1, 0.15) is 5.75 Å². The maximum Gasteiger partial charge on any atom is 0.229 e. The first-order valence-electron chi connectivity index (χ1n) is 8.90. The molecule has 7 nitrogen and oxygen atoms in total. The molecule has 144 valence electrons. The molecule has 1 aliphatic heterocycles. The van der Waals surface area contributed by atoms with E-state index in [9.17, 15) is 9.59 Å². The molecular weight excluding hydrogens is 376 g/mol. The average Bonchev–Trinajstić information content (AvgIpc) is 3.43. The van der Waals surface area contributed by atoms with Gasteiger partial charge in [-0.1, -0.05) is 0 Å². The van der Waals surface area contributed by atoms with Gasteiger partial charge in [0.2, 0.25) is 11.8 Å². The second-order valence-corrected chi connectivity index (χ2v) is 7.90. The Morgan fingerprint density at radius 1 is 1.32 bits per heavy atom. The van der Waals surface area contributed by atoms with E-state index in [1.165, 1.54) is 0 Å². The minimum absolute atomic E-state index is 0.0505. The molecule has 0 radical (unpaired) electrons. The van der Waals surface area contributed by atoms with E-state index in [2.05, 4.69) is 15.5 Å². The van der Waals surface area contributed by atoms with Crippen LogP contribution < -0.4 is 15.0 Å². The number of nitrogens with one attached hydrogen (secondary N) is 2. The van der Waals surface area contributed by atoms with Crippen molar-refractivity contribution in [1.29, 1.82) is 0 Å². The van der Waals surface area contributed by atoms with Crippen LogP contribution in [-0.4, -0.2) is 35.7 Å². The van der Waals surface area contributed by atoms with E-state index in [1.54, 1.807) is 29.5 Å². The molecule has 1 aromatic carbocycles. The second kappa shape index (κ2) is 7.47. The topological polar surface area (TPSA) is 87.3 Å². The van der Waals surface area contributed by atoms with Crippen LogP contribution in [0.2, 0.25) is 0 Å². The largest absolute Gasteiger partial charge is 0.497 e. The van der Waals surface area contributed by atoms with Crippen LogP contribution in [0.1, 0.15) is 11.3 Å². The molecule has 1 fully saturated rings. The van der Waals surface area contributed by atoms with Crippen molar-refractivity contribution in [3.8, 4) is 16.3 Å². The Labute approximate surface area is 166 Å². The Kier molecular flexibility index (Phi) is 4.87. The fraction of sp³-hybridized carbons (Fsp3) is 0.250. The second-order valence-electron chi connectivity index (χ2n) is 6.64. The third-order valence-corrected chi connectivity index (χ3v) is 5.91. The number of amides is 2. The van der Waals surface area contributed by atoms with Crippen LogP contribution in [0.3, 0.4) is 0 Å². The lowest BCUT2D eigenvalue weighted by Crippen LogP contribution is -2.28. The Morgan fingerprint density at radius 2 is 2.11 bits per heavy atom. The lowest BCUT2D eigenvalue weighted by molar-refractivity contribution is -0.122. The van der Waals surface area contributed by atoms with Crippen molar-refractivity contribution in [1.82, 2.24) is 10.2 Å². The monoisotopic (exact) mass is 396 g/mol. The van der Waals surface area contributed by atoms with E-state index >= 15 is 0 Å². The molecular formula is C20H20N4O3S. The van der Waals surface area contributed by atoms with Gasteiger partial charge in [0.15, 0.2) is 0 Å². The Bertz CT molecular complexity index is 995. The molecule has 3 aromatic rings. The van der Waals surface area contributed by atoms with E-state index in [0.29, 0.717) is 6.54 Å². The number of hydrogen-bond donors (Lipinski definition) is 2. The van der Waals surface area contributed by atoms with Gasteiger partial charge in [0.05, 0.1) is 29.3 Å². The van der Waals surface area contributed by atoms with E-state index in [1.807, 2.05) is 43.3 Å². The maximum atomic E-state index is 12.8. The van der Waals surface area contributed by atoms with Crippen molar-refractivity contribution in [3.63, 3.8) is 0 Å². The molecule has 2 amide bonds. The summed E-state index contributed by atoms with van der Waals surface area (Å²) >= 11 is 1.58. The molecule has 1 saturated heterocycles. The van der Waals surface area contributed by atoms with Gasteiger partial charge in [-0.05, 0) is 43.3 Å². The van der Waals surface area contributed by atoms with E-state index in [4.69, 9.17) is 4.74 Å². The number of nitrogens with zero attached hydrogens (tertiary/aromatic N) is 2. The quantitative estimate of drug-likeness (QED) is 0.692. The van der Waals surface area contributed by atoms with Crippen LogP contribution >= 0.6 is 11.3 Å². The van der Waals surface area contributed by atoms with Gasteiger partial charge in [-0.15, -0.1) is 11.3 Å². The fourth-order valence-corrected chi connectivity index (χ4v) is 4.21. The summed E-state index contributed by atoms with van der Waals surface area (Å²) in [6.07, 6.45) is 1.90. The molecule has 3 heterocycles. The zero-order chi connectivity index (χ0) is 19.7. The zero-order valence-electron chi connectivity index (χ0n) is 15.6. The van der Waals surface area contributed by atoms with Crippen LogP contribution in [0.15, 0.2) is 42.6 Å². The normalized spacial score (nSPS) is 16.4. The molecule has 28 heavy (non-hydrogen) atoms. The van der Waals surface area contributed by atoms with Crippen molar-refractivity contribution in [2.75, 3.05) is 23.9 Å². The Balaban J connectivity index is 1.45. The highest BCUT2D eigenvalue weighted by Gasteiger charge is 2.35. The minimum Gasteiger partial charge on any atom is -0.497 e. The highest BCUT2D eigenvalue weighted by atomic mass is 32.1. The number of ether oxygens (including phenoxy) is 1. The highest BCUT2D eigenvalue weighted by molar-refractivity contribution is 7.16. The molecule has 0 bridgehead atoms. The van der Waals surface area contributed by atoms with Crippen LogP contribution in [0.4, 0.5) is 11.4 Å². The van der Waals surface area contributed by atoms with E-state index in [-0.39, 0.29) is 24.2 Å². The molecule has 0 aliphatic carbocycles. The molecule has 1 atom stereocenters. The summed E-state index contributed by atoms with van der Waals surface area (Å²) in [5, 5.41) is 9.87. The Morgan fingerprint density at radius 3 is 2.79 bits per heavy atom. The molecule has 2 N–H and O–H groups in total. The average molecular weight is 396 g/mol. The number of aromatic amines is 1. The number of aromatic nitrogens is 2. The third-order valence-electron chi connectivity index (χ3n) is 4.82. The number of carbonyl (C=O) groups is 2. The Hall–Kier alpha value is -3.13. The van der Waals surface area contributed by atoms with Crippen molar-refractivity contribution in [2.24, 2.45) is 5.92 Å². The lowest BCUT2D eigenvalue weighted by Gasteiger charge is -2.17.